The monoisotopic (exact) mass is 320 g/mol. The van der Waals surface area contributed by atoms with Gasteiger partial charge in [0.25, 0.3) is 0 Å². The molecule has 0 aliphatic rings. The maximum absolute atomic E-state index is 2.40. The third kappa shape index (κ3) is 8.92. The fourth-order valence-corrected chi connectivity index (χ4v) is 0. The Morgan fingerprint density at radius 2 is 1.25 bits per heavy atom. The fourth-order valence-electron chi connectivity index (χ4n) is 0. The molecule has 0 aromatic heterocycles. The van der Waals surface area contributed by atoms with Crippen molar-refractivity contribution in [2.75, 3.05) is 0 Å². The van der Waals surface area contributed by atoms with Gasteiger partial charge >= 0.3 is 50.0 Å². The van der Waals surface area contributed by atoms with Crippen LogP contribution < -0.4 is 0 Å². The van der Waals surface area contributed by atoms with Gasteiger partial charge in [-0.2, -0.15) is 0 Å². The van der Waals surface area contributed by atoms with Gasteiger partial charge < -0.3 is 5.48 Å². The van der Waals surface area contributed by atoms with Crippen LogP contribution in [-0.4, -0.2) is 5.48 Å². The van der Waals surface area contributed by atoms with Gasteiger partial charge in [0.2, 0.25) is 0 Å². The van der Waals surface area contributed by atoms with Crippen LogP contribution in [0, 0.1) is 0 Å². The van der Waals surface area contributed by atoms with Crippen molar-refractivity contribution in [1.29, 1.82) is 0 Å². The average molecular weight is 320 g/mol. The molecule has 0 amide bonds. The van der Waals surface area contributed by atoms with E-state index >= 15 is 0 Å². The Kier molecular flexibility index (Phi) is 21.1. The van der Waals surface area contributed by atoms with E-state index in [2.05, 4.69) is 38.4 Å². The summed E-state index contributed by atoms with van der Waals surface area (Å²) in [5.41, 5.74) is 0. The molecule has 0 aromatic rings. The normalized spacial score (nSPS) is 3.50. The van der Waals surface area contributed by atoms with Crippen molar-refractivity contribution in [3.05, 3.63) is 0 Å². The number of halogens is 2. The first-order chi connectivity index (χ1) is 1.41. The molecule has 0 atom stereocenters. The first-order valence-electron chi connectivity index (χ1n) is 0.378. The van der Waals surface area contributed by atoms with E-state index < -0.39 is 0 Å². The molecule has 0 aromatic carbocycles. The van der Waals surface area contributed by atoms with Gasteiger partial charge in [-0.05, 0) is 0 Å². The summed E-state index contributed by atoms with van der Waals surface area (Å²) in [4.78, 5) is 0. The second-order valence-corrected chi connectivity index (χ2v) is 13.3. The summed E-state index contributed by atoms with van der Waals surface area (Å²) in [7, 11) is 0. The van der Waals surface area contributed by atoms with Crippen LogP contribution in [0.1, 0.15) is 0 Å². The van der Waals surface area contributed by atoms with E-state index in [9.17, 15) is 0 Å². The Hall–Kier alpha value is 2.13. The van der Waals surface area contributed by atoms with E-state index in [1.807, 2.05) is 0 Å². The van der Waals surface area contributed by atoms with Crippen LogP contribution >= 0.6 is 38.4 Å². The van der Waals surface area contributed by atoms with E-state index in [-0.39, 0.29) is 5.48 Å². The second kappa shape index (κ2) is 8.93. The molecule has 4 heteroatoms. The van der Waals surface area contributed by atoms with Crippen LogP contribution in [0.15, 0.2) is 0 Å². The van der Waals surface area contributed by atoms with Crippen molar-refractivity contribution in [2.24, 2.45) is 0 Å². The summed E-state index contributed by atoms with van der Waals surface area (Å²) < 4.78 is 0. The van der Waals surface area contributed by atoms with Gasteiger partial charge in [-0.1, -0.05) is 0 Å². The van der Waals surface area contributed by atoms with Gasteiger partial charge in [0.15, 0.2) is 0 Å². The quantitative estimate of drug-likeness (QED) is 0.470. The Balaban J connectivity index is 0. The molecule has 2 N–H and O–H groups in total. The zero-order valence-corrected chi connectivity index (χ0v) is 7.63. The Morgan fingerprint density at radius 3 is 1.25 bits per heavy atom. The standard InChI is InChI=1S/2HI.H2O.Ti/h2*1H;1H2;/q;;;+2/p-2. The number of hydrogen-bond acceptors (Lipinski definition) is 0. The van der Waals surface area contributed by atoms with Gasteiger partial charge in [-0.15, -0.1) is 0 Å². The molecular formula is H2I2OTi. The minimum atomic E-state index is 0. The molecule has 0 spiro atoms. The Morgan fingerprint density at radius 1 is 1.25 bits per heavy atom. The third-order valence-corrected chi connectivity index (χ3v) is 0. The summed E-state index contributed by atoms with van der Waals surface area (Å²) in [5, 5.41) is 0. The van der Waals surface area contributed by atoms with Gasteiger partial charge in [0, 0.05) is 0 Å². The summed E-state index contributed by atoms with van der Waals surface area (Å²) in [5.74, 6) is 0. The molecular weight excluding hydrogens is 318 g/mol. The zero-order valence-electron chi connectivity index (χ0n) is 1.76. The SMILES string of the molecule is O.[I][Ti][I]. The summed E-state index contributed by atoms with van der Waals surface area (Å²) >= 11 is 5.24. The van der Waals surface area contributed by atoms with Crippen LogP contribution in [0.4, 0.5) is 0 Å². The van der Waals surface area contributed by atoms with E-state index in [1.165, 1.54) is 0 Å². The third-order valence-electron chi connectivity index (χ3n) is 0. The molecule has 0 saturated carbocycles. The molecule has 0 aliphatic carbocycles. The van der Waals surface area contributed by atoms with Gasteiger partial charge in [-0.3, -0.25) is 0 Å². The molecule has 4 heavy (non-hydrogen) atoms. The van der Waals surface area contributed by atoms with Crippen LogP contribution in [0.5, 0.6) is 0 Å². The number of hydrogen-bond donors (Lipinski definition) is 0. The predicted molar refractivity (Wildman–Crippen MR) is 31.7 cm³/mol. The van der Waals surface area contributed by atoms with Crippen molar-refractivity contribution in [2.45, 2.75) is 0 Å². The van der Waals surface area contributed by atoms with Crippen molar-refractivity contribution < 1.29 is 17.1 Å². The molecule has 26 valence electrons. The van der Waals surface area contributed by atoms with E-state index in [1.54, 1.807) is 0 Å². The molecule has 0 rings (SSSR count). The summed E-state index contributed by atoms with van der Waals surface area (Å²) in [6.07, 6.45) is 0. The van der Waals surface area contributed by atoms with Gasteiger partial charge in [0.05, 0.1) is 0 Å². The molecule has 0 radical (unpaired) electrons. The molecule has 0 saturated heterocycles. The summed E-state index contributed by atoms with van der Waals surface area (Å²) in [6, 6.07) is 0. The molecule has 0 heterocycles. The van der Waals surface area contributed by atoms with E-state index in [0.29, 0.717) is 11.7 Å². The molecule has 0 fully saturated rings. The molecule has 0 bridgehead atoms. The second-order valence-electron chi connectivity index (χ2n) is 0.0714. The van der Waals surface area contributed by atoms with Crippen LogP contribution in [0.25, 0.3) is 0 Å². The Bertz CT molecular complexity index is 6.00. The van der Waals surface area contributed by atoms with Crippen molar-refractivity contribution in [3.63, 3.8) is 0 Å². The predicted octanol–water partition coefficient (Wildman–Crippen LogP) is 0.944. The van der Waals surface area contributed by atoms with Crippen LogP contribution in [0.3, 0.4) is 0 Å². The van der Waals surface area contributed by atoms with Crippen LogP contribution in [0.2, 0.25) is 0 Å². The van der Waals surface area contributed by atoms with E-state index in [0.717, 1.165) is 0 Å². The van der Waals surface area contributed by atoms with Crippen LogP contribution in [-0.2, 0) is 11.7 Å². The topological polar surface area (TPSA) is 31.5 Å². The zero-order chi connectivity index (χ0) is 2.71. The van der Waals surface area contributed by atoms with Crippen molar-refractivity contribution in [1.82, 2.24) is 0 Å². The minimum absolute atomic E-state index is 0. The first-order valence-corrected chi connectivity index (χ1v) is 10.5. The fraction of sp³-hybridized carbons (Fsp3) is 0. The van der Waals surface area contributed by atoms with Gasteiger partial charge in [-0.25, -0.2) is 0 Å². The Labute approximate surface area is 54.5 Å². The van der Waals surface area contributed by atoms with Crippen molar-refractivity contribution in [3.8, 4) is 0 Å². The van der Waals surface area contributed by atoms with Gasteiger partial charge in [0.1, 0.15) is 0 Å². The maximum atomic E-state index is 2.40. The van der Waals surface area contributed by atoms with E-state index in [4.69, 9.17) is 0 Å². The molecule has 1 nitrogen and oxygen atoms in total. The van der Waals surface area contributed by atoms with Crippen molar-refractivity contribution >= 4 is 38.4 Å². The number of rotatable bonds is 0. The molecule has 0 aliphatic heterocycles. The average Bonchev–Trinajstić information content (AvgIpc) is 0.918. The summed E-state index contributed by atoms with van der Waals surface area (Å²) in [6.45, 7) is 0. The molecule has 0 unspecified atom stereocenters. The first kappa shape index (κ1) is 9.46.